The van der Waals surface area contributed by atoms with E-state index in [-0.39, 0.29) is 11.5 Å². The first kappa shape index (κ1) is 16.2. The summed E-state index contributed by atoms with van der Waals surface area (Å²) in [4.78, 5) is 16.9. The van der Waals surface area contributed by atoms with Crippen molar-refractivity contribution in [3.8, 4) is 11.4 Å². The summed E-state index contributed by atoms with van der Waals surface area (Å²) in [6.07, 6.45) is 0. The predicted molar refractivity (Wildman–Crippen MR) is 92.8 cm³/mol. The Bertz CT molecular complexity index is 894. The summed E-state index contributed by atoms with van der Waals surface area (Å²) in [5.41, 5.74) is 2.34. The summed E-state index contributed by atoms with van der Waals surface area (Å²) in [7, 11) is 1.74. The van der Waals surface area contributed by atoms with Gasteiger partial charge in [-0.2, -0.15) is 4.98 Å². The highest BCUT2D eigenvalue weighted by atomic mass is 16.5. The van der Waals surface area contributed by atoms with Crippen LogP contribution in [0.1, 0.15) is 36.9 Å². The lowest BCUT2D eigenvalue weighted by Crippen LogP contribution is -2.20. The van der Waals surface area contributed by atoms with E-state index in [1.807, 2.05) is 31.2 Å². The van der Waals surface area contributed by atoms with Gasteiger partial charge in [0.15, 0.2) is 0 Å². The van der Waals surface area contributed by atoms with Gasteiger partial charge in [-0.15, -0.1) is 0 Å². The second-order valence-corrected chi connectivity index (χ2v) is 6.34. The van der Waals surface area contributed by atoms with E-state index in [4.69, 9.17) is 4.52 Å². The quantitative estimate of drug-likeness (QED) is 0.737. The third-order valence-electron chi connectivity index (χ3n) is 4.33. The Morgan fingerprint density at radius 1 is 1.08 bits per heavy atom. The highest BCUT2D eigenvalue weighted by molar-refractivity contribution is 5.53. The Morgan fingerprint density at radius 2 is 1.79 bits per heavy atom. The van der Waals surface area contributed by atoms with Crippen molar-refractivity contribution in [3.63, 3.8) is 0 Å². The molecule has 2 aromatic heterocycles. The van der Waals surface area contributed by atoms with Crippen LogP contribution in [-0.2, 0) is 7.05 Å². The van der Waals surface area contributed by atoms with Gasteiger partial charge in [0, 0.05) is 12.7 Å². The molecule has 1 aromatic carbocycles. The van der Waals surface area contributed by atoms with Gasteiger partial charge in [0.25, 0.3) is 5.56 Å². The lowest BCUT2D eigenvalue weighted by atomic mass is 9.88. The first-order valence-corrected chi connectivity index (χ1v) is 8.04. The number of hydrogen-bond donors (Lipinski definition) is 0. The van der Waals surface area contributed by atoms with Crippen molar-refractivity contribution in [1.29, 1.82) is 0 Å². The van der Waals surface area contributed by atoms with Gasteiger partial charge in [0.1, 0.15) is 0 Å². The Morgan fingerprint density at radius 3 is 2.46 bits per heavy atom. The van der Waals surface area contributed by atoms with Crippen LogP contribution >= 0.6 is 0 Å². The molecule has 0 amide bonds. The molecular weight excluding hydrogens is 302 g/mol. The smallest absolute Gasteiger partial charge is 0.261 e. The van der Waals surface area contributed by atoms with Crippen molar-refractivity contribution in [2.24, 2.45) is 13.0 Å². The van der Waals surface area contributed by atoms with E-state index in [1.54, 1.807) is 17.7 Å². The van der Waals surface area contributed by atoms with Crippen molar-refractivity contribution >= 4 is 0 Å². The molecule has 3 aromatic rings. The van der Waals surface area contributed by atoms with Gasteiger partial charge in [0.2, 0.25) is 11.7 Å². The lowest BCUT2D eigenvalue weighted by molar-refractivity contribution is 0.341. The SMILES string of the molecule is Cc1ccc(-c2noc(C(c3ccccc3)C(C)C)n2)c(=O)n1C. The number of rotatable bonds is 4. The zero-order chi connectivity index (χ0) is 17.3. The molecule has 0 aliphatic rings. The molecular formula is C19H21N3O2. The average molecular weight is 323 g/mol. The number of pyridine rings is 1. The van der Waals surface area contributed by atoms with Gasteiger partial charge in [-0.3, -0.25) is 4.79 Å². The molecule has 3 rings (SSSR count). The van der Waals surface area contributed by atoms with E-state index in [1.165, 1.54) is 0 Å². The van der Waals surface area contributed by atoms with Crippen LogP contribution in [0.4, 0.5) is 0 Å². The average Bonchev–Trinajstić information content (AvgIpc) is 3.03. The van der Waals surface area contributed by atoms with Gasteiger partial charge < -0.3 is 9.09 Å². The molecule has 1 unspecified atom stereocenters. The van der Waals surface area contributed by atoms with Gasteiger partial charge in [0.05, 0.1) is 11.5 Å². The minimum absolute atomic E-state index is 0.00162. The second-order valence-electron chi connectivity index (χ2n) is 6.34. The second kappa shape index (κ2) is 6.43. The molecule has 0 saturated heterocycles. The topological polar surface area (TPSA) is 60.9 Å². The summed E-state index contributed by atoms with van der Waals surface area (Å²) < 4.78 is 7.10. The fraction of sp³-hybridized carbons (Fsp3) is 0.316. The van der Waals surface area contributed by atoms with Gasteiger partial charge in [-0.25, -0.2) is 0 Å². The van der Waals surface area contributed by atoms with Crippen LogP contribution in [0.3, 0.4) is 0 Å². The third kappa shape index (κ3) is 2.89. The molecule has 0 spiro atoms. The van der Waals surface area contributed by atoms with Crippen LogP contribution in [0.25, 0.3) is 11.4 Å². The van der Waals surface area contributed by atoms with Crippen molar-refractivity contribution in [2.45, 2.75) is 26.7 Å². The van der Waals surface area contributed by atoms with Crippen molar-refractivity contribution < 1.29 is 4.52 Å². The predicted octanol–water partition coefficient (Wildman–Crippen LogP) is 3.53. The van der Waals surface area contributed by atoms with Gasteiger partial charge in [-0.1, -0.05) is 49.3 Å². The first-order chi connectivity index (χ1) is 11.5. The normalized spacial score (nSPS) is 12.5. The number of aryl methyl sites for hydroxylation is 1. The molecule has 2 heterocycles. The van der Waals surface area contributed by atoms with E-state index in [2.05, 4.69) is 36.1 Å². The Balaban J connectivity index is 2.04. The number of aromatic nitrogens is 3. The van der Waals surface area contributed by atoms with Crippen LogP contribution in [-0.4, -0.2) is 14.7 Å². The van der Waals surface area contributed by atoms with Crippen molar-refractivity contribution in [2.75, 3.05) is 0 Å². The summed E-state index contributed by atoms with van der Waals surface area (Å²) in [5.74, 6) is 1.17. The molecule has 0 fully saturated rings. The Hall–Kier alpha value is -2.69. The third-order valence-corrected chi connectivity index (χ3v) is 4.33. The van der Waals surface area contributed by atoms with Crippen LogP contribution < -0.4 is 5.56 Å². The molecule has 0 radical (unpaired) electrons. The molecule has 5 nitrogen and oxygen atoms in total. The Kier molecular flexibility index (Phi) is 4.34. The van der Waals surface area contributed by atoms with E-state index < -0.39 is 0 Å². The largest absolute Gasteiger partial charge is 0.338 e. The maximum Gasteiger partial charge on any atom is 0.261 e. The van der Waals surface area contributed by atoms with E-state index >= 15 is 0 Å². The molecule has 0 bridgehead atoms. The van der Waals surface area contributed by atoms with Crippen molar-refractivity contribution in [1.82, 2.24) is 14.7 Å². The molecule has 0 aliphatic heterocycles. The molecule has 124 valence electrons. The molecule has 0 N–H and O–H groups in total. The molecule has 0 saturated carbocycles. The minimum Gasteiger partial charge on any atom is -0.338 e. The Labute approximate surface area is 141 Å². The summed E-state index contributed by atoms with van der Waals surface area (Å²) in [6, 6.07) is 13.7. The maximum absolute atomic E-state index is 12.4. The molecule has 24 heavy (non-hydrogen) atoms. The van der Waals surface area contributed by atoms with Gasteiger partial charge in [-0.05, 0) is 30.5 Å². The first-order valence-electron chi connectivity index (χ1n) is 8.04. The van der Waals surface area contributed by atoms with E-state index in [0.29, 0.717) is 23.2 Å². The van der Waals surface area contributed by atoms with E-state index in [9.17, 15) is 4.79 Å². The van der Waals surface area contributed by atoms with Crippen LogP contribution in [0.15, 0.2) is 51.8 Å². The standard InChI is InChI=1S/C19H21N3O2/c1-12(2)16(14-8-6-5-7-9-14)18-20-17(21-24-18)15-11-10-13(3)22(4)19(15)23/h5-12,16H,1-4H3. The summed E-state index contributed by atoms with van der Waals surface area (Å²) in [5, 5.41) is 4.05. The summed E-state index contributed by atoms with van der Waals surface area (Å²) >= 11 is 0. The zero-order valence-electron chi connectivity index (χ0n) is 14.4. The molecule has 1 atom stereocenters. The molecule has 5 heteroatoms. The fourth-order valence-corrected chi connectivity index (χ4v) is 2.84. The number of benzene rings is 1. The fourth-order valence-electron chi connectivity index (χ4n) is 2.84. The highest BCUT2D eigenvalue weighted by Gasteiger charge is 2.25. The summed E-state index contributed by atoms with van der Waals surface area (Å²) in [6.45, 7) is 6.12. The van der Waals surface area contributed by atoms with Gasteiger partial charge >= 0.3 is 0 Å². The lowest BCUT2D eigenvalue weighted by Gasteiger charge is -2.16. The number of nitrogens with zero attached hydrogens (tertiary/aromatic N) is 3. The zero-order valence-corrected chi connectivity index (χ0v) is 14.4. The van der Waals surface area contributed by atoms with Crippen LogP contribution in [0.5, 0.6) is 0 Å². The van der Waals surface area contributed by atoms with Crippen LogP contribution in [0.2, 0.25) is 0 Å². The monoisotopic (exact) mass is 323 g/mol. The highest BCUT2D eigenvalue weighted by Crippen LogP contribution is 2.31. The maximum atomic E-state index is 12.4. The van der Waals surface area contributed by atoms with Crippen molar-refractivity contribution in [3.05, 3.63) is 70.0 Å². The van der Waals surface area contributed by atoms with Crippen LogP contribution in [0, 0.1) is 12.8 Å². The molecule has 0 aliphatic carbocycles. The number of hydrogen-bond acceptors (Lipinski definition) is 4. The minimum atomic E-state index is -0.122. The van der Waals surface area contributed by atoms with E-state index in [0.717, 1.165) is 11.3 Å².